The quantitative estimate of drug-likeness (QED) is 0.774. The molecule has 18 heavy (non-hydrogen) atoms. The van der Waals surface area contributed by atoms with Gasteiger partial charge in [-0.2, -0.15) is 0 Å². The normalized spacial score (nSPS) is 11.6. The number of hydrogen-bond acceptors (Lipinski definition) is 5. The first kappa shape index (κ1) is 12.7. The number of benzene rings is 1. The first-order valence-corrected chi connectivity index (χ1v) is 7.34. The van der Waals surface area contributed by atoms with E-state index in [4.69, 9.17) is 0 Å². The van der Waals surface area contributed by atoms with E-state index in [0.29, 0.717) is 18.9 Å². The maximum absolute atomic E-state index is 10.9. The molecule has 0 fully saturated rings. The molecule has 0 amide bonds. The Morgan fingerprint density at radius 2 is 1.94 bits per heavy atom. The predicted molar refractivity (Wildman–Crippen MR) is 70.9 cm³/mol. The molecule has 0 saturated carbocycles. The highest BCUT2D eigenvalue weighted by atomic mass is 32.2. The third-order valence-corrected chi connectivity index (χ3v) is 3.05. The summed E-state index contributed by atoms with van der Waals surface area (Å²) in [5.74, 6) is 0.705. The van der Waals surface area contributed by atoms with Crippen LogP contribution in [0.3, 0.4) is 0 Å². The van der Waals surface area contributed by atoms with Crippen LogP contribution in [0.4, 0.5) is 5.82 Å². The van der Waals surface area contributed by atoms with E-state index in [1.807, 2.05) is 24.3 Å². The zero-order valence-electron chi connectivity index (χ0n) is 9.92. The van der Waals surface area contributed by atoms with Gasteiger partial charge >= 0.3 is 0 Å². The minimum absolute atomic E-state index is 0.317. The van der Waals surface area contributed by atoms with Crippen molar-refractivity contribution in [1.29, 1.82) is 0 Å². The van der Waals surface area contributed by atoms with Gasteiger partial charge in [0.1, 0.15) is 12.1 Å². The van der Waals surface area contributed by atoms with E-state index < -0.39 is 10.0 Å². The van der Waals surface area contributed by atoms with Crippen LogP contribution in [-0.4, -0.2) is 37.7 Å². The number of rotatable bonds is 5. The molecule has 0 spiro atoms. The predicted octanol–water partition coefficient (Wildman–Crippen LogP) is 0.591. The number of fused-ring (bicyclic) bond motifs is 1. The molecule has 2 N–H and O–H groups in total. The van der Waals surface area contributed by atoms with Crippen LogP contribution >= 0.6 is 0 Å². The summed E-state index contributed by atoms with van der Waals surface area (Å²) in [6, 6.07) is 7.63. The Morgan fingerprint density at radius 3 is 2.72 bits per heavy atom. The maximum atomic E-state index is 10.9. The van der Waals surface area contributed by atoms with E-state index >= 15 is 0 Å². The Hall–Kier alpha value is -1.73. The maximum Gasteiger partial charge on any atom is 0.208 e. The molecule has 0 bridgehead atoms. The molecule has 6 nitrogen and oxygen atoms in total. The van der Waals surface area contributed by atoms with Crippen molar-refractivity contribution in [1.82, 2.24) is 14.7 Å². The van der Waals surface area contributed by atoms with Crippen molar-refractivity contribution in [3.05, 3.63) is 30.6 Å². The summed E-state index contributed by atoms with van der Waals surface area (Å²) in [6.07, 6.45) is 2.61. The zero-order chi connectivity index (χ0) is 13.0. The fourth-order valence-corrected chi connectivity index (χ4v) is 2.04. The summed E-state index contributed by atoms with van der Waals surface area (Å²) < 4.78 is 24.2. The fourth-order valence-electron chi connectivity index (χ4n) is 1.56. The van der Waals surface area contributed by atoms with Gasteiger partial charge in [-0.15, -0.1) is 0 Å². The number of sulfonamides is 1. The monoisotopic (exact) mass is 266 g/mol. The molecular weight excluding hydrogens is 252 g/mol. The lowest BCUT2D eigenvalue weighted by molar-refractivity contribution is 0.589. The van der Waals surface area contributed by atoms with Gasteiger partial charge in [0.25, 0.3) is 0 Å². The molecule has 0 saturated heterocycles. The lowest BCUT2D eigenvalue weighted by atomic mass is 10.2. The Balaban J connectivity index is 2.04. The Labute approximate surface area is 106 Å². The highest BCUT2D eigenvalue weighted by Gasteiger charge is 2.03. The van der Waals surface area contributed by atoms with Crippen molar-refractivity contribution in [3.8, 4) is 0 Å². The smallest absolute Gasteiger partial charge is 0.208 e. The van der Waals surface area contributed by atoms with Crippen molar-refractivity contribution < 1.29 is 8.42 Å². The summed E-state index contributed by atoms with van der Waals surface area (Å²) in [6.45, 7) is 0.783. The second-order valence-electron chi connectivity index (χ2n) is 3.83. The average Bonchev–Trinajstić information content (AvgIpc) is 2.33. The van der Waals surface area contributed by atoms with Crippen molar-refractivity contribution in [2.24, 2.45) is 0 Å². The molecule has 0 radical (unpaired) electrons. The molecular formula is C11H14N4O2S. The topological polar surface area (TPSA) is 84.0 Å². The minimum Gasteiger partial charge on any atom is -0.368 e. The number of para-hydroxylation sites is 1. The molecule has 1 aromatic carbocycles. The van der Waals surface area contributed by atoms with Crippen LogP contribution in [0.15, 0.2) is 30.6 Å². The van der Waals surface area contributed by atoms with Crippen LogP contribution < -0.4 is 10.0 Å². The van der Waals surface area contributed by atoms with Gasteiger partial charge in [0.05, 0.1) is 11.8 Å². The number of anilines is 1. The standard InChI is InChI=1S/C11H14N4O2S/c1-18(16,17)15-7-6-12-11-9-4-2-3-5-10(9)13-8-14-11/h2-5,8,15H,6-7H2,1H3,(H,12,13,14). The van der Waals surface area contributed by atoms with Crippen LogP contribution in [0.5, 0.6) is 0 Å². The summed E-state index contributed by atoms with van der Waals surface area (Å²) in [7, 11) is -3.14. The average molecular weight is 266 g/mol. The molecule has 96 valence electrons. The van der Waals surface area contributed by atoms with E-state index in [0.717, 1.165) is 17.2 Å². The summed E-state index contributed by atoms with van der Waals surface area (Å²) in [5.41, 5.74) is 0.853. The molecule has 0 aliphatic rings. The Bertz CT molecular complexity index is 637. The van der Waals surface area contributed by atoms with Gasteiger partial charge in [0, 0.05) is 18.5 Å². The van der Waals surface area contributed by atoms with Gasteiger partial charge in [0.2, 0.25) is 10.0 Å². The Morgan fingerprint density at radius 1 is 1.17 bits per heavy atom. The van der Waals surface area contributed by atoms with Gasteiger partial charge in [-0.1, -0.05) is 12.1 Å². The second kappa shape index (κ2) is 5.28. The highest BCUT2D eigenvalue weighted by Crippen LogP contribution is 2.17. The lowest BCUT2D eigenvalue weighted by Crippen LogP contribution is -2.27. The summed E-state index contributed by atoms with van der Waals surface area (Å²) in [4.78, 5) is 8.29. The largest absolute Gasteiger partial charge is 0.368 e. The molecule has 2 rings (SSSR count). The fraction of sp³-hybridized carbons (Fsp3) is 0.273. The van der Waals surface area contributed by atoms with Crippen molar-refractivity contribution in [2.45, 2.75) is 0 Å². The minimum atomic E-state index is -3.14. The van der Waals surface area contributed by atoms with E-state index in [1.165, 1.54) is 6.33 Å². The van der Waals surface area contributed by atoms with Crippen LogP contribution in [0, 0.1) is 0 Å². The van der Waals surface area contributed by atoms with Gasteiger partial charge in [0.15, 0.2) is 0 Å². The SMILES string of the molecule is CS(=O)(=O)NCCNc1ncnc2ccccc12. The van der Waals surface area contributed by atoms with E-state index in [2.05, 4.69) is 20.0 Å². The Kier molecular flexibility index (Phi) is 3.73. The second-order valence-corrected chi connectivity index (χ2v) is 5.67. The van der Waals surface area contributed by atoms with Crippen molar-refractivity contribution >= 4 is 26.7 Å². The third kappa shape index (κ3) is 3.38. The molecule has 2 aromatic rings. The molecule has 0 unspecified atom stereocenters. The first-order chi connectivity index (χ1) is 8.56. The van der Waals surface area contributed by atoms with Gasteiger partial charge in [-0.05, 0) is 12.1 Å². The van der Waals surface area contributed by atoms with E-state index in [9.17, 15) is 8.42 Å². The lowest BCUT2D eigenvalue weighted by Gasteiger charge is -2.08. The summed E-state index contributed by atoms with van der Waals surface area (Å²) >= 11 is 0. The molecule has 1 heterocycles. The highest BCUT2D eigenvalue weighted by molar-refractivity contribution is 7.88. The number of nitrogens with zero attached hydrogens (tertiary/aromatic N) is 2. The molecule has 0 aliphatic carbocycles. The number of hydrogen-bond donors (Lipinski definition) is 2. The molecule has 0 aliphatic heterocycles. The van der Waals surface area contributed by atoms with Crippen LogP contribution in [0.2, 0.25) is 0 Å². The van der Waals surface area contributed by atoms with Gasteiger partial charge < -0.3 is 5.32 Å². The van der Waals surface area contributed by atoms with E-state index in [1.54, 1.807) is 0 Å². The van der Waals surface area contributed by atoms with Gasteiger partial charge in [-0.3, -0.25) is 0 Å². The van der Waals surface area contributed by atoms with Gasteiger partial charge in [-0.25, -0.2) is 23.1 Å². The number of nitrogens with one attached hydrogen (secondary N) is 2. The van der Waals surface area contributed by atoms with Crippen molar-refractivity contribution in [3.63, 3.8) is 0 Å². The molecule has 7 heteroatoms. The molecule has 0 atom stereocenters. The van der Waals surface area contributed by atoms with Crippen molar-refractivity contribution in [2.75, 3.05) is 24.7 Å². The first-order valence-electron chi connectivity index (χ1n) is 5.44. The molecule has 1 aromatic heterocycles. The van der Waals surface area contributed by atoms with Crippen LogP contribution in [0.25, 0.3) is 10.9 Å². The number of aromatic nitrogens is 2. The van der Waals surface area contributed by atoms with Crippen LogP contribution in [-0.2, 0) is 10.0 Å². The third-order valence-electron chi connectivity index (χ3n) is 2.32. The van der Waals surface area contributed by atoms with E-state index in [-0.39, 0.29) is 0 Å². The summed E-state index contributed by atoms with van der Waals surface area (Å²) in [5, 5.41) is 4.00. The van der Waals surface area contributed by atoms with Crippen LogP contribution in [0.1, 0.15) is 0 Å². The zero-order valence-corrected chi connectivity index (χ0v) is 10.7.